The quantitative estimate of drug-likeness (QED) is 0.664. The molecule has 2 aliphatic heterocycles. The Morgan fingerprint density at radius 1 is 1.23 bits per heavy atom. The number of hydrogen-bond acceptors (Lipinski definition) is 7. The molecule has 0 radical (unpaired) electrons. The van der Waals surface area contributed by atoms with Gasteiger partial charge < -0.3 is 20.7 Å². The van der Waals surface area contributed by atoms with E-state index in [1.54, 1.807) is 0 Å². The Labute approximate surface area is 178 Å². The van der Waals surface area contributed by atoms with Gasteiger partial charge in [-0.25, -0.2) is 4.98 Å². The maximum atomic E-state index is 12.7. The van der Waals surface area contributed by atoms with E-state index in [1.165, 1.54) is 0 Å². The van der Waals surface area contributed by atoms with Crippen molar-refractivity contribution in [3.05, 3.63) is 53.6 Å². The van der Waals surface area contributed by atoms with Gasteiger partial charge in [-0.2, -0.15) is 4.98 Å². The summed E-state index contributed by atoms with van der Waals surface area (Å²) in [6, 6.07) is 14.1. The lowest BCUT2D eigenvalue weighted by molar-refractivity contribution is -0.0461. The van der Waals surface area contributed by atoms with Crippen molar-refractivity contribution in [1.29, 1.82) is 0 Å². The first-order valence-electron chi connectivity index (χ1n) is 10.1. The minimum atomic E-state index is -1.01. The van der Waals surface area contributed by atoms with E-state index in [-0.39, 0.29) is 5.54 Å². The summed E-state index contributed by atoms with van der Waals surface area (Å²) in [5.74, 6) is 1.96. The molecule has 30 heavy (non-hydrogen) atoms. The zero-order valence-corrected chi connectivity index (χ0v) is 17.7. The molecule has 1 unspecified atom stereocenters. The van der Waals surface area contributed by atoms with E-state index in [0.717, 1.165) is 32.7 Å². The van der Waals surface area contributed by atoms with Gasteiger partial charge in [0.05, 0.1) is 35.1 Å². The van der Waals surface area contributed by atoms with Crippen molar-refractivity contribution in [2.24, 2.45) is 5.73 Å². The Balaban J connectivity index is 1.52. The molecule has 1 fully saturated rings. The zero-order chi connectivity index (χ0) is 20.7. The molecule has 1 saturated heterocycles. The van der Waals surface area contributed by atoms with Crippen LogP contribution in [0.4, 0.5) is 11.8 Å². The Morgan fingerprint density at radius 2 is 2.07 bits per heavy atom. The van der Waals surface area contributed by atoms with Gasteiger partial charge in [0, 0.05) is 35.7 Å². The van der Waals surface area contributed by atoms with Crippen molar-refractivity contribution in [3.63, 3.8) is 0 Å². The van der Waals surface area contributed by atoms with E-state index in [2.05, 4.69) is 29.3 Å². The molecule has 1 atom stereocenters. The normalized spacial score (nSPS) is 20.3. The van der Waals surface area contributed by atoms with Crippen LogP contribution in [0.25, 0.3) is 10.9 Å². The first-order chi connectivity index (χ1) is 14.5. The highest BCUT2D eigenvalue weighted by atomic mass is 32.2. The van der Waals surface area contributed by atoms with E-state index in [1.807, 2.05) is 30.3 Å². The van der Waals surface area contributed by atoms with Crippen LogP contribution in [0.5, 0.6) is 0 Å². The van der Waals surface area contributed by atoms with Crippen LogP contribution in [-0.4, -0.2) is 51.8 Å². The standard InChI is InChI=1S/C22H25N5O2S/c1-15-6-7-18-17(10-15)20(24-12-22(23)13-29-14-22)26-21(25-18)27-8-9-30(28)19-5-3-2-4-16(19)11-27/h2-7,10H,8-9,11-14,23H2,1H3,(H,24,25,26). The number of aryl methyl sites for hydroxylation is 1. The van der Waals surface area contributed by atoms with Crippen molar-refractivity contribution in [3.8, 4) is 0 Å². The second-order valence-corrected chi connectivity index (χ2v) is 9.72. The maximum Gasteiger partial charge on any atom is 0.228 e. The number of nitrogens with zero attached hydrogens (tertiary/aromatic N) is 3. The molecule has 3 heterocycles. The predicted molar refractivity (Wildman–Crippen MR) is 119 cm³/mol. The van der Waals surface area contributed by atoms with Crippen LogP contribution in [0.15, 0.2) is 47.4 Å². The van der Waals surface area contributed by atoms with Crippen LogP contribution in [0.1, 0.15) is 11.1 Å². The van der Waals surface area contributed by atoms with Gasteiger partial charge in [0.1, 0.15) is 5.82 Å². The summed E-state index contributed by atoms with van der Waals surface area (Å²) in [6.07, 6.45) is 0. The predicted octanol–water partition coefficient (Wildman–Crippen LogP) is 2.21. The molecule has 1 aromatic heterocycles. The smallest absolute Gasteiger partial charge is 0.228 e. The summed E-state index contributed by atoms with van der Waals surface area (Å²) in [7, 11) is -1.01. The van der Waals surface area contributed by atoms with Crippen LogP contribution in [0.3, 0.4) is 0 Å². The third-order valence-corrected chi connectivity index (χ3v) is 7.08. The van der Waals surface area contributed by atoms with Gasteiger partial charge in [-0.1, -0.05) is 29.8 Å². The lowest BCUT2D eigenvalue weighted by atomic mass is 9.99. The molecule has 0 amide bonds. The number of nitrogens with two attached hydrogens (primary N) is 1. The monoisotopic (exact) mass is 423 g/mol. The highest BCUT2D eigenvalue weighted by Crippen LogP contribution is 2.28. The summed E-state index contributed by atoms with van der Waals surface area (Å²) in [5, 5.41) is 4.41. The Morgan fingerprint density at radius 3 is 2.87 bits per heavy atom. The first-order valence-corrected chi connectivity index (χ1v) is 11.4. The molecule has 3 N–H and O–H groups in total. The molecular weight excluding hydrogens is 398 g/mol. The highest BCUT2D eigenvalue weighted by Gasteiger charge is 2.34. The van der Waals surface area contributed by atoms with Crippen LogP contribution in [0, 0.1) is 6.92 Å². The molecular formula is C22H25N5O2S. The fourth-order valence-electron chi connectivity index (χ4n) is 3.85. The van der Waals surface area contributed by atoms with Gasteiger partial charge in [-0.15, -0.1) is 0 Å². The molecule has 0 saturated carbocycles. The van der Waals surface area contributed by atoms with Gasteiger partial charge in [0.25, 0.3) is 0 Å². The van der Waals surface area contributed by atoms with Gasteiger partial charge in [0.2, 0.25) is 5.95 Å². The third kappa shape index (κ3) is 3.66. The van der Waals surface area contributed by atoms with Crippen molar-refractivity contribution < 1.29 is 8.95 Å². The summed E-state index contributed by atoms with van der Waals surface area (Å²) >= 11 is 0. The third-order valence-electron chi connectivity index (χ3n) is 5.63. The minimum Gasteiger partial charge on any atom is -0.377 e. The lowest BCUT2D eigenvalue weighted by Gasteiger charge is -2.38. The fourth-order valence-corrected chi connectivity index (χ4v) is 5.11. The molecule has 8 heteroatoms. The average Bonchev–Trinajstić information content (AvgIpc) is 2.90. The number of nitrogens with one attached hydrogen (secondary N) is 1. The van der Waals surface area contributed by atoms with Gasteiger partial charge in [-0.05, 0) is 30.7 Å². The van der Waals surface area contributed by atoms with Crippen LogP contribution < -0.4 is 16.0 Å². The van der Waals surface area contributed by atoms with Gasteiger partial charge in [0.15, 0.2) is 0 Å². The van der Waals surface area contributed by atoms with Crippen LogP contribution in [0.2, 0.25) is 0 Å². The number of hydrogen-bond donors (Lipinski definition) is 2. The van der Waals surface area contributed by atoms with Crippen molar-refractivity contribution >= 4 is 33.5 Å². The summed E-state index contributed by atoms with van der Waals surface area (Å²) in [4.78, 5) is 12.7. The fraction of sp³-hybridized carbons (Fsp3) is 0.364. The first kappa shape index (κ1) is 19.4. The molecule has 7 nitrogen and oxygen atoms in total. The van der Waals surface area contributed by atoms with Crippen molar-refractivity contribution in [2.45, 2.75) is 23.9 Å². The summed E-state index contributed by atoms with van der Waals surface area (Å²) in [5.41, 5.74) is 9.04. The highest BCUT2D eigenvalue weighted by molar-refractivity contribution is 7.85. The summed E-state index contributed by atoms with van der Waals surface area (Å²) in [6.45, 7) is 5.00. The molecule has 3 aromatic rings. The van der Waals surface area contributed by atoms with Gasteiger partial charge >= 0.3 is 0 Å². The van der Waals surface area contributed by atoms with Crippen molar-refractivity contribution in [1.82, 2.24) is 9.97 Å². The molecule has 5 rings (SSSR count). The second kappa shape index (κ2) is 7.61. The van der Waals surface area contributed by atoms with Gasteiger partial charge in [-0.3, -0.25) is 4.21 Å². The molecule has 2 aromatic carbocycles. The number of rotatable bonds is 4. The number of fused-ring (bicyclic) bond motifs is 2. The minimum absolute atomic E-state index is 0.361. The Hall–Kier alpha value is -2.55. The zero-order valence-electron chi connectivity index (χ0n) is 16.9. The number of aromatic nitrogens is 2. The SMILES string of the molecule is Cc1ccc2nc(N3CCS(=O)c4ccccc4C3)nc(NCC3(N)COC3)c2c1. The molecule has 0 spiro atoms. The Kier molecular flexibility index (Phi) is 4.92. The largest absolute Gasteiger partial charge is 0.377 e. The van der Waals surface area contributed by atoms with Crippen molar-refractivity contribution in [2.75, 3.05) is 42.3 Å². The number of ether oxygens (including phenoxy) is 1. The Bertz CT molecular complexity index is 1130. The maximum absolute atomic E-state index is 12.7. The van der Waals surface area contributed by atoms with Crippen LogP contribution >= 0.6 is 0 Å². The second-order valence-electron chi connectivity index (χ2n) is 8.18. The molecule has 0 bridgehead atoms. The number of benzene rings is 2. The van der Waals surface area contributed by atoms with Crippen LogP contribution in [-0.2, 0) is 22.1 Å². The molecule has 156 valence electrons. The van der Waals surface area contributed by atoms with E-state index >= 15 is 0 Å². The molecule has 0 aliphatic carbocycles. The van der Waals surface area contributed by atoms with E-state index in [0.29, 0.717) is 44.5 Å². The number of anilines is 2. The summed E-state index contributed by atoms with van der Waals surface area (Å²) < 4.78 is 17.9. The van der Waals surface area contributed by atoms with E-state index < -0.39 is 10.8 Å². The molecule has 2 aliphatic rings. The topological polar surface area (TPSA) is 93.4 Å². The average molecular weight is 424 g/mol. The van der Waals surface area contributed by atoms with E-state index in [4.69, 9.17) is 20.4 Å². The van der Waals surface area contributed by atoms with E-state index in [9.17, 15) is 4.21 Å². The lowest BCUT2D eigenvalue weighted by Crippen LogP contribution is -2.61.